The van der Waals surface area contributed by atoms with Crippen molar-refractivity contribution < 1.29 is 4.79 Å². The van der Waals surface area contributed by atoms with Crippen LogP contribution in [0.2, 0.25) is 0 Å². The van der Waals surface area contributed by atoms with E-state index in [9.17, 15) is 4.79 Å². The number of para-hydroxylation sites is 1. The fourth-order valence-electron chi connectivity index (χ4n) is 1.56. The van der Waals surface area contributed by atoms with Crippen molar-refractivity contribution in [1.82, 2.24) is 0 Å². The Labute approximate surface area is 121 Å². The first-order valence-electron chi connectivity index (χ1n) is 5.03. The summed E-state index contributed by atoms with van der Waals surface area (Å²) >= 11 is 11.7. The van der Waals surface area contributed by atoms with Crippen LogP contribution in [-0.2, 0) is 4.79 Å². The summed E-state index contributed by atoms with van der Waals surface area (Å²) < 4.78 is 1.64. The summed E-state index contributed by atoms with van der Waals surface area (Å²) in [6.07, 6.45) is 1.46. The molecule has 90 valence electrons. The lowest BCUT2D eigenvalue weighted by molar-refractivity contribution is -0.118. The molecule has 1 aliphatic rings. The molecule has 1 aromatic rings. The van der Waals surface area contributed by atoms with Crippen LogP contribution in [0.15, 0.2) is 27.1 Å². The molecule has 0 bridgehead atoms. The Morgan fingerprint density at radius 3 is 2.29 bits per heavy atom. The quantitative estimate of drug-likeness (QED) is 0.795. The lowest BCUT2D eigenvalue weighted by atomic mass is 10.1. The van der Waals surface area contributed by atoms with Crippen molar-refractivity contribution in [1.29, 1.82) is 0 Å². The predicted molar refractivity (Wildman–Crippen MR) is 78.9 cm³/mol. The SMILES string of the molecule is NC(=S)C1(C(=O)Nc2c(Br)cccc2Br)CC1. The second-order valence-corrected chi connectivity index (χ2v) is 6.15. The van der Waals surface area contributed by atoms with E-state index in [1.54, 1.807) is 0 Å². The minimum absolute atomic E-state index is 0.127. The van der Waals surface area contributed by atoms with E-state index in [4.69, 9.17) is 18.0 Å². The maximum Gasteiger partial charge on any atom is 0.237 e. The second-order valence-electron chi connectivity index (χ2n) is 4.00. The molecular weight excluding hydrogens is 368 g/mol. The highest BCUT2D eigenvalue weighted by molar-refractivity contribution is 9.11. The number of anilines is 1. The molecular formula is C11H10Br2N2OS. The molecule has 1 amide bonds. The highest BCUT2D eigenvalue weighted by Crippen LogP contribution is 2.47. The second kappa shape index (κ2) is 4.66. The van der Waals surface area contributed by atoms with E-state index in [0.29, 0.717) is 5.69 Å². The van der Waals surface area contributed by atoms with Crippen molar-refractivity contribution in [3.05, 3.63) is 27.1 Å². The molecule has 2 rings (SSSR count). The third-order valence-electron chi connectivity index (χ3n) is 2.86. The fraction of sp³-hybridized carbons (Fsp3) is 0.273. The van der Waals surface area contributed by atoms with E-state index in [1.807, 2.05) is 18.2 Å². The number of hydrogen-bond donors (Lipinski definition) is 2. The first kappa shape index (κ1) is 13.0. The molecule has 1 aliphatic carbocycles. The van der Waals surface area contributed by atoms with Crippen LogP contribution in [-0.4, -0.2) is 10.9 Å². The Balaban J connectivity index is 2.23. The lowest BCUT2D eigenvalue weighted by Crippen LogP contribution is -2.35. The van der Waals surface area contributed by atoms with Gasteiger partial charge in [0.1, 0.15) is 0 Å². The molecule has 0 unspecified atom stereocenters. The van der Waals surface area contributed by atoms with Gasteiger partial charge in [-0.3, -0.25) is 4.79 Å². The van der Waals surface area contributed by atoms with Crippen molar-refractivity contribution in [3.63, 3.8) is 0 Å². The van der Waals surface area contributed by atoms with Gasteiger partial charge in [0.05, 0.1) is 16.1 Å². The van der Waals surface area contributed by atoms with Gasteiger partial charge in [-0.05, 0) is 56.8 Å². The first-order chi connectivity index (χ1) is 7.97. The molecule has 1 aromatic carbocycles. The molecule has 3 N–H and O–H groups in total. The Kier molecular flexibility index (Phi) is 3.56. The van der Waals surface area contributed by atoms with Crippen LogP contribution in [0.4, 0.5) is 5.69 Å². The van der Waals surface area contributed by atoms with Gasteiger partial charge < -0.3 is 11.1 Å². The van der Waals surface area contributed by atoms with E-state index in [0.717, 1.165) is 21.8 Å². The number of halogens is 2. The fourth-order valence-corrected chi connectivity index (χ4v) is 3.05. The molecule has 3 nitrogen and oxygen atoms in total. The van der Waals surface area contributed by atoms with E-state index in [1.165, 1.54) is 0 Å². The average molecular weight is 378 g/mol. The minimum Gasteiger partial charge on any atom is -0.392 e. The van der Waals surface area contributed by atoms with Gasteiger partial charge in [-0.2, -0.15) is 0 Å². The molecule has 0 aliphatic heterocycles. The van der Waals surface area contributed by atoms with Crippen molar-refractivity contribution in [2.75, 3.05) is 5.32 Å². The summed E-state index contributed by atoms with van der Waals surface area (Å²) in [5, 5.41) is 2.86. The largest absolute Gasteiger partial charge is 0.392 e. The molecule has 17 heavy (non-hydrogen) atoms. The van der Waals surface area contributed by atoms with Gasteiger partial charge in [0.2, 0.25) is 5.91 Å². The van der Waals surface area contributed by atoms with Crippen molar-refractivity contribution in [3.8, 4) is 0 Å². The average Bonchev–Trinajstić information content (AvgIpc) is 3.04. The standard InChI is InChI=1S/C11H10Br2N2OS/c12-6-2-1-3-7(13)8(6)15-10(16)11(4-5-11)9(14)17/h1-3H,4-5H2,(H2,14,17)(H,15,16). The summed E-state index contributed by atoms with van der Waals surface area (Å²) in [7, 11) is 0. The van der Waals surface area contributed by atoms with Crippen LogP contribution >= 0.6 is 44.1 Å². The zero-order valence-electron chi connectivity index (χ0n) is 8.80. The summed E-state index contributed by atoms with van der Waals surface area (Å²) in [6.45, 7) is 0. The zero-order valence-corrected chi connectivity index (χ0v) is 12.8. The van der Waals surface area contributed by atoms with Gasteiger partial charge in [0, 0.05) is 8.95 Å². The monoisotopic (exact) mass is 376 g/mol. The summed E-state index contributed by atoms with van der Waals surface area (Å²) in [5.41, 5.74) is 5.68. The Hall–Kier alpha value is -0.460. The van der Waals surface area contributed by atoms with Gasteiger partial charge in [-0.25, -0.2) is 0 Å². The van der Waals surface area contributed by atoms with Crippen LogP contribution in [0.3, 0.4) is 0 Å². The van der Waals surface area contributed by atoms with E-state index in [-0.39, 0.29) is 10.9 Å². The number of rotatable bonds is 3. The molecule has 6 heteroatoms. The van der Waals surface area contributed by atoms with Gasteiger partial charge in [0.15, 0.2) is 0 Å². The number of amides is 1. The number of nitrogens with two attached hydrogens (primary N) is 1. The number of thiocarbonyl (C=S) groups is 1. The number of nitrogens with one attached hydrogen (secondary N) is 1. The highest BCUT2D eigenvalue weighted by Gasteiger charge is 2.52. The number of carbonyl (C=O) groups is 1. The van der Waals surface area contributed by atoms with E-state index in [2.05, 4.69) is 37.2 Å². The maximum atomic E-state index is 12.1. The smallest absolute Gasteiger partial charge is 0.237 e. The van der Waals surface area contributed by atoms with Crippen LogP contribution in [0.25, 0.3) is 0 Å². The van der Waals surface area contributed by atoms with Crippen molar-refractivity contribution in [2.24, 2.45) is 11.1 Å². The highest BCUT2D eigenvalue weighted by atomic mass is 79.9. The van der Waals surface area contributed by atoms with E-state index < -0.39 is 5.41 Å². The van der Waals surface area contributed by atoms with Crippen LogP contribution in [0, 0.1) is 5.41 Å². The van der Waals surface area contributed by atoms with Gasteiger partial charge in [-0.1, -0.05) is 18.3 Å². The third-order valence-corrected chi connectivity index (χ3v) is 4.57. The molecule has 0 saturated heterocycles. The van der Waals surface area contributed by atoms with E-state index >= 15 is 0 Å². The van der Waals surface area contributed by atoms with Gasteiger partial charge in [-0.15, -0.1) is 0 Å². The molecule has 0 radical (unpaired) electrons. The normalized spacial score (nSPS) is 16.4. The Morgan fingerprint density at radius 2 is 1.88 bits per heavy atom. The summed E-state index contributed by atoms with van der Waals surface area (Å²) in [5.74, 6) is -0.127. The number of benzene rings is 1. The van der Waals surface area contributed by atoms with Crippen LogP contribution in [0.5, 0.6) is 0 Å². The number of carbonyl (C=O) groups excluding carboxylic acids is 1. The molecule has 0 aromatic heterocycles. The minimum atomic E-state index is -0.635. The maximum absolute atomic E-state index is 12.1. The predicted octanol–water partition coefficient (Wildman–Crippen LogP) is 3.22. The summed E-state index contributed by atoms with van der Waals surface area (Å²) in [4.78, 5) is 12.4. The van der Waals surface area contributed by atoms with Gasteiger partial charge in [0.25, 0.3) is 0 Å². The molecule has 0 heterocycles. The number of hydrogen-bond acceptors (Lipinski definition) is 2. The van der Waals surface area contributed by atoms with Crippen molar-refractivity contribution >= 4 is 60.7 Å². The molecule has 1 fully saturated rings. The molecule has 0 atom stereocenters. The molecule has 0 spiro atoms. The first-order valence-corrected chi connectivity index (χ1v) is 7.02. The van der Waals surface area contributed by atoms with Crippen molar-refractivity contribution in [2.45, 2.75) is 12.8 Å². The molecule has 1 saturated carbocycles. The van der Waals surface area contributed by atoms with Gasteiger partial charge >= 0.3 is 0 Å². The van der Waals surface area contributed by atoms with Crippen LogP contribution < -0.4 is 11.1 Å². The van der Waals surface area contributed by atoms with Crippen LogP contribution in [0.1, 0.15) is 12.8 Å². The third kappa shape index (κ3) is 2.39. The summed E-state index contributed by atoms with van der Waals surface area (Å²) in [6, 6.07) is 5.60. The zero-order chi connectivity index (χ0) is 12.6. The Morgan fingerprint density at radius 1 is 1.35 bits per heavy atom. The topological polar surface area (TPSA) is 55.1 Å². The Bertz CT molecular complexity index is 480. The lowest BCUT2D eigenvalue weighted by Gasteiger charge is -2.15.